The van der Waals surface area contributed by atoms with Crippen LogP contribution in [0, 0.1) is 5.82 Å². The molecule has 0 atom stereocenters. The van der Waals surface area contributed by atoms with Crippen molar-refractivity contribution in [2.24, 2.45) is 0 Å². The number of hydrogen-bond donors (Lipinski definition) is 0. The van der Waals surface area contributed by atoms with Crippen molar-refractivity contribution in [3.05, 3.63) is 34.1 Å². The van der Waals surface area contributed by atoms with Crippen molar-refractivity contribution < 1.29 is 22.4 Å². The van der Waals surface area contributed by atoms with E-state index >= 15 is 0 Å². The van der Waals surface area contributed by atoms with Gasteiger partial charge in [-0.25, -0.2) is 4.39 Å². The fraction of sp³-hybridized carbons (Fsp3) is 0.222. The average Bonchev–Trinajstić information content (AvgIpc) is 2.06. The van der Waals surface area contributed by atoms with E-state index < -0.39 is 29.8 Å². The molecule has 1 nitrogen and oxygen atoms in total. The Morgan fingerprint density at radius 2 is 1.93 bits per heavy atom. The summed E-state index contributed by atoms with van der Waals surface area (Å²) in [5.41, 5.74) is -0.554. The molecule has 0 radical (unpaired) electrons. The third-order valence-corrected chi connectivity index (χ3v) is 2.08. The minimum Gasteiger partial charge on any atom is -0.294 e. The number of ketones is 1. The summed E-state index contributed by atoms with van der Waals surface area (Å²) in [4.78, 5) is 11.1. The van der Waals surface area contributed by atoms with Crippen LogP contribution < -0.4 is 0 Å². The van der Waals surface area contributed by atoms with Gasteiger partial charge in [0.05, 0.1) is 5.56 Å². The Kier molecular flexibility index (Phi) is 3.49. The molecule has 0 N–H and O–H groups in total. The SMILES string of the molecule is O=C(CC(F)(F)F)c1cc(Br)ccc1F. The predicted octanol–water partition coefficient (Wildman–Crippen LogP) is 3.72. The first kappa shape index (κ1) is 12.2. The first-order valence-electron chi connectivity index (χ1n) is 3.84. The van der Waals surface area contributed by atoms with Gasteiger partial charge in [-0.05, 0) is 18.2 Å². The monoisotopic (exact) mass is 284 g/mol. The second-order valence-electron chi connectivity index (χ2n) is 2.84. The smallest absolute Gasteiger partial charge is 0.294 e. The largest absolute Gasteiger partial charge is 0.396 e. The summed E-state index contributed by atoms with van der Waals surface area (Å²) in [6.45, 7) is 0. The summed E-state index contributed by atoms with van der Waals surface area (Å²) in [6.07, 6.45) is -6.27. The molecule has 0 saturated carbocycles. The maximum Gasteiger partial charge on any atom is 0.396 e. The van der Waals surface area contributed by atoms with Crippen LogP contribution in [0.4, 0.5) is 17.6 Å². The average molecular weight is 285 g/mol. The minimum absolute atomic E-state index is 0.356. The highest BCUT2D eigenvalue weighted by Crippen LogP contribution is 2.24. The summed E-state index contributed by atoms with van der Waals surface area (Å²) in [5, 5.41) is 0. The molecule has 0 aliphatic rings. The second-order valence-corrected chi connectivity index (χ2v) is 3.75. The fourth-order valence-electron chi connectivity index (χ4n) is 0.988. The molecule has 82 valence electrons. The molecule has 15 heavy (non-hydrogen) atoms. The maximum atomic E-state index is 13.0. The summed E-state index contributed by atoms with van der Waals surface area (Å²) >= 11 is 2.94. The Balaban J connectivity index is 2.96. The third kappa shape index (κ3) is 3.62. The molecule has 0 unspecified atom stereocenters. The molecular formula is C9H5BrF4O. The normalized spacial score (nSPS) is 11.5. The van der Waals surface area contributed by atoms with E-state index in [0.29, 0.717) is 4.47 Å². The van der Waals surface area contributed by atoms with Gasteiger partial charge in [0.2, 0.25) is 0 Å². The van der Waals surface area contributed by atoms with Crippen LogP contribution in [0.25, 0.3) is 0 Å². The number of carbonyl (C=O) groups is 1. The third-order valence-electron chi connectivity index (χ3n) is 1.59. The van der Waals surface area contributed by atoms with E-state index in [1.807, 2.05) is 0 Å². The molecule has 0 aliphatic heterocycles. The van der Waals surface area contributed by atoms with Gasteiger partial charge in [0, 0.05) is 4.47 Å². The lowest BCUT2D eigenvalue weighted by molar-refractivity contribution is -0.125. The van der Waals surface area contributed by atoms with Crippen molar-refractivity contribution >= 4 is 21.7 Å². The highest BCUT2D eigenvalue weighted by molar-refractivity contribution is 9.10. The summed E-state index contributed by atoms with van der Waals surface area (Å²) in [5.74, 6) is -2.23. The van der Waals surface area contributed by atoms with Crippen LogP contribution in [0.2, 0.25) is 0 Å². The fourth-order valence-corrected chi connectivity index (χ4v) is 1.35. The molecule has 0 heterocycles. The van der Waals surface area contributed by atoms with Crippen LogP contribution in [0.3, 0.4) is 0 Å². The number of hydrogen-bond acceptors (Lipinski definition) is 1. The van der Waals surface area contributed by atoms with Gasteiger partial charge in [0.15, 0.2) is 5.78 Å². The van der Waals surface area contributed by atoms with Crippen LogP contribution in [0.5, 0.6) is 0 Å². The quantitative estimate of drug-likeness (QED) is 0.598. The van der Waals surface area contributed by atoms with Crippen molar-refractivity contribution in [2.75, 3.05) is 0 Å². The number of rotatable bonds is 2. The molecule has 0 aliphatic carbocycles. The topological polar surface area (TPSA) is 17.1 Å². The molecule has 0 fully saturated rings. The highest BCUT2D eigenvalue weighted by Gasteiger charge is 2.32. The van der Waals surface area contributed by atoms with Crippen molar-refractivity contribution in [2.45, 2.75) is 12.6 Å². The molecule has 0 bridgehead atoms. The molecular weight excluding hydrogens is 280 g/mol. The Labute approximate surface area is 91.2 Å². The predicted molar refractivity (Wildman–Crippen MR) is 49.1 cm³/mol. The second kappa shape index (κ2) is 4.30. The van der Waals surface area contributed by atoms with E-state index in [-0.39, 0.29) is 0 Å². The Morgan fingerprint density at radius 1 is 1.33 bits per heavy atom. The van der Waals surface area contributed by atoms with E-state index in [1.54, 1.807) is 0 Å². The van der Waals surface area contributed by atoms with E-state index in [2.05, 4.69) is 15.9 Å². The molecule has 1 rings (SSSR count). The number of benzene rings is 1. The van der Waals surface area contributed by atoms with Crippen LogP contribution in [0.1, 0.15) is 16.8 Å². The molecule has 6 heteroatoms. The van der Waals surface area contributed by atoms with Gasteiger partial charge >= 0.3 is 6.18 Å². The summed E-state index contributed by atoms with van der Waals surface area (Å²) in [7, 11) is 0. The standard InChI is InChI=1S/C9H5BrF4O/c10-5-1-2-7(11)6(3-5)8(15)4-9(12,13)14/h1-3H,4H2. The number of halogens is 5. The van der Waals surface area contributed by atoms with Gasteiger partial charge in [0.1, 0.15) is 12.2 Å². The van der Waals surface area contributed by atoms with Gasteiger partial charge in [-0.2, -0.15) is 13.2 Å². The Hall–Kier alpha value is -0.910. The molecule has 0 aromatic heterocycles. The van der Waals surface area contributed by atoms with Gasteiger partial charge in [-0.15, -0.1) is 0 Å². The zero-order valence-electron chi connectivity index (χ0n) is 7.24. The number of carbonyl (C=O) groups excluding carboxylic acids is 1. The summed E-state index contributed by atoms with van der Waals surface area (Å²) < 4.78 is 48.9. The van der Waals surface area contributed by atoms with Crippen LogP contribution in [-0.2, 0) is 0 Å². The van der Waals surface area contributed by atoms with Crippen LogP contribution >= 0.6 is 15.9 Å². The zero-order valence-corrected chi connectivity index (χ0v) is 8.82. The first-order valence-corrected chi connectivity index (χ1v) is 4.64. The highest BCUT2D eigenvalue weighted by atomic mass is 79.9. The number of Topliss-reactive ketones (excluding diaryl/α,β-unsaturated/α-hetero) is 1. The molecule has 0 amide bonds. The molecule has 1 aromatic carbocycles. The van der Waals surface area contributed by atoms with E-state index in [4.69, 9.17) is 0 Å². The van der Waals surface area contributed by atoms with Gasteiger partial charge in [0.25, 0.3) is 0 Å². The first-order chi connectivity index (χ1) is 6.79. The number of alkyl halides is 3. The Bertz CT molecular complexity index is 386. The maximum absolute atomic E-state index is 13.0. The van der Waals surface area contributed by atoms with Crippen molar-refractivity contribution in [1.29, 1.82) is 0 Å². The van der Waals surface area contributed by atoms with Crippen LogP contribution in [0.15, 0.2) is 22.7 Å². The lowest BCUT2D eigenvalue weighted by Gasteiger charge is -2.06. The summed E-state index contributed by atoms with van der Waals surface area (Å²) in [6, 6.07) is 3.27. The molecule has 1 aromatic rings. The lowest BCUT2D eigenvalue weighted by atomic mass is 10.1. The van der Waals surface area contributed by atoms with Crippen molar-refractivity contribution in [3.8, 4) is 0 Å². The van der Waals surface area contributed by atoms with Gasteiger partial charge < -0.3 is 0 Å². The minimum atomic E-state index is -4.62. The van der Waals surface area contributed by atoms with Crippen molar-refractivity contribution in [3.63, 3.8) is 0 Å². The van der Waals surface area contributed by atoms with Gasteiger partial charge in [-0.1, -0.05) is 15.9 Å². The van der Waals surface area contributed by atoms with E-state index in [9.17, 15) is 22.4 Å². The molecule has 0 saturated heterocycles. The zero-order chi connectivity index (χ0) is 11.6. The van der Waals surface area contributed by atoms with E-state index in [1.165, 1.54) is 6.07 Å². The van der Waals surface area contributed by atoms with Gasteiger partial charge in [-0.3, -0.25) is 4.79 Å². The van der Waals surface area contributed by atoms with E-state index in [0.717, 1.165) is 12.1 Å². The van der Waals surface area contributed by atoms with Crippen LogP contribution in [-0.4, -0.2) is 12.0 Å². The Morgan fingerprint density at radius 3 is 2.47 bits per heavy atom. The lowest BCUT2D eigenvalue weighted by Crippen LogP contribution is -2.16. The molecule has 0 spiro atoms. The van der Waals surface area contributed by atoms with Crippen molar-refractivity contribution in [1.82, 2.24) is 0 Å².